The van der Waals surface area contributed by atoms with Gasteiger partial charge in [-0.2, -0.15) is 25.5 Å². The highest BCUT2D eigenvalue weighted by Gasteiger charge is 2.31. The van der Waals surface area contributed by atoms with Gasteiger partial charge in [0.1, 0.15) is 64.4 Å². The van der Waals surface area contributed by atoms with E-state index in [1.807, 2.05) is 145 Å². The largest absolute Gasteiger partial charge is 0.457 e. The average molecular weight is 1710 g/mol. The van der Waals surface area contributed by atoms with Crippen LogP contribution in [-0.2, 0) is 123 Å². The lowest BCUT2D eigenvalue weighted by Gasteiger charge is -2.28. The van der Waals surface area contributed by atoms with Gasteiger partial charge in [0.15, 0.2) is 11.6 Å². The molecule has 0 N–H and O–H groups in total. The van der Waals surface area contributed by atoms with Crippen LogP contribution in [0, 0.1) is 26.2 Å². The highest BCUT2D eigenvalue weighted by Crippen LogP contribution is 2.33. The summed E-state index contributed by atoms with van der Waals surface area (Å²) in [6.45, 7) is 17.1. The van der Waals surface area contributed by atoms with Gasteiger partial charge in [-0.1, -0.05) is 42.3 Å². The van der Waals surface area contributed by atoms with Crippen LogP contribution in [0.3, 0.4) is 0 Å². The summed E-state index contributed by atoms with van der Waals surface area (Å²) in [5, 5.41) is 21.9. The fraction of sp³-hybridized carbons (Fsp3) is 0.260. The summed E-state index contributed by atoms with van der Waals surface area (Å²) >= 11 is 0. The molecule has 8 aromatic carbocycles. The maximum Gasteiger partial charge on any atom is 0.338 e. The summed E-state index contributed by atoms with van der Waals surface area (Å²) in [6.07, 6.45) is 30.7. The minimum absolute atomic E-state index is 0.201. The summed E-state index contributed by atoms with van der Waals surface area (Å²) in [5.41, 5.74) is 31.9. The first kappa shape index (κ1) is 82.3. The van der Waals surface area contributed by atoms with Crippen molar-refractivity contribution in [1.29, 1.82) is 0 Å². The maximum absolute atomic E-state index is 11.8. The van der Waals surface area contributed by atoms with E-state index in [1.54, 1.807) is 33.0 Å². The van der Waals surface area contributed by atoms with Crippen LogP contribution in [0.4, 0.5) is 0 Å². The second kappa shape index (κ2) is 36.5. The third-order valence-electron chi connectivity index (χ3n) is 25.6. The molecule has 15 aromatic rings. The van der Waals surface area contributed by atoms with E-state index < -0.39 is 0 Å². The molecule has 29 heteroatoms. The molecular weight excluding hydrogens is 1620 g/mol. The molecule has 644 valence electrons. The Hall–Kier alpha value is -15.0. The van der Waals surface area contributed by atoms with Crippen molar-refractivity contribution < 1.29 is 38.1 Å². The van der Waals surface area contributed by atoms with Gasteiger partial charge in [0.05, 0.1) is 74.0 Å². The zero-order valence-electron chi connectivity index (χ0n) is 71.5. The van der Waals surface area contributed by atoms with Crippen molar-refractivity contribution in [2.24, 2.45) is 0 Å². The number of fused-ring (bicyclic) bond motifs is 8. The predicted molar refractivity (Wildman–Crippen MR) is 477 cm³/mol. The second-order valence-corrected chi connectivity index (χ2v) is 33.4. The number of hydrogen-bond acceptors (Lipinski definition) is 24. The van der Waals surface area contributed by atoms with Crippen LogP contribution in [0.1, 0.15) is 148 Å². The molecular formula is C100H91N21O8. The van der Waals surface area contributed by atoms with Gasteiger partial charge in [-0.15, -0.1) is 6.42 Å². The van der Waals surface area contributed by atoms with E-state index in [1.165, 1.54) is 86.0 Å². The number of nitrogens with zero attached hydrogens (tertiary/aromatic N) is 21. The number of hydrogen-bond donors (Lipinski definition) is 0. The van der Waals surface area contributed by atoms with Gasteiger partial charge in [0, 0.05) is 190 Å². The summed E-state index contributed by atoms with van der Waals surface area (Å²) in [4.78, 5) is 87.6. The number of terminal acetylenes is 1. The van der Waals surface area contributed by atoms with Gasteiger partial charge in [-0.05, 0) is 194 Å². The van der Waals surface area contributed by atoms with Gasteiger partial charge in [0.25, 0.3) is 0 Å². The number of aromatic nitrogens is 17. The lowest BCUT2D eigenvalue weighted by Crippen LogP contribution is -2.33. The minimum atomic E-state index is -0.213. The molecule has 8 aliphatic rings. The van der Waals surface area contributed by atoms with E-state index in [-0.39, 0.29) is 23.9 Å². The fourth-order valence-corrected chi connectivity index (χ4v) is 18.1. The summed E-state index contributed by atoms with van der Waals surface area (Å²) in [6, 6.07) is 52.2. The Labute approximate surface area is 744 Å². The molecule has 0 saturated carbocycles. The minimum Gasteiger partial charge on any atom is -0.457 e. The number of carbonyl (C=O) groups is 4. The van der Waals surface area contributed by atoms with Gasteiger partial charge in [-0.3, -0.25) is 19.6 Å². The van der Waals surface area contributed by atoms with Crippen LogP contribution in [0.5, 0.6) is 0 Å². The standard InChI is InChI=1S/C26H24N6O2.C25H24N6O2.C25H22N6O2.C24H21N3O2/c1-17-18(4-7-22-23(17)14-34-26(22)33)8-10-31-11-9-24-20(13-31)12-28-25(30-24)19-2-5-21(6-3-19)32-16-27-15-29-32;1-17-18(2-7-22-23(17)14-33-25(22)32)8-10-29-11-9-24-19(13-29)12-27-31(24)21-5-3-20(4-6-21)30-16-26-15-28-30;32-25-22-6-1-17(11-19(22)14-33-25)7-9-30-10-8-23-20(13-30)12-27-24(29-23)18-2-4-21(5-3-18)31-16-26-15-28-31;1-2-17-3-6-21(7-4-17)27-15-20-14-26(12-10-23(20)25-27)11-9-18-5-8-22-19(13-18)16-29-24(22)28/h2-7,12,15-16H,8-11,13-14H2,1H3;2-7,12,15-16H,8-11,13-14H2,1H3;1-6,11-12,15-16H,7-10,13-14H2;1,3-8,13,15H,9-12,14,16H2. The van der Waals surface area contributed by atoms with Crippen molar-refractivity contribution in [3.05, 3.63) is 349 Å². The Morgan fingerprint density at radius 2 is 0.783 bits per heavy atom. The summed E-state index contributed by atoms with van der Waals surface area (Å²) in [5.74, 6) is 3.32. The average Bonchev–Trinajstić information content (AvgIpc) is 1.68. The Bertz CT molecular complexity index is 6740. The Balaban J connectivity index is 0.000000108. The SMILES string of the molecule is C#Cc1ccc(-n2cc3c(n2)CCN(CCc2ccc4c(c2)COC4=O)C3)cc1.Cc1c(CCN2CCc3c(cnn3-c3ccc(-n4cncn4)cc3)C2)ccc2c1COC2=O.Cc1c(CCN2CCc3nc(-c4ccc(-n5cncn5)cc4)ncc3C2)ccc2c1COC2=O.O=C1OCc2cc(CCN3CCc4nc(-c5ccc(-n6cncn6)cc5)ncc4C3)ccc21. The van der Waals surface area contributed by atoms with Crippen molar-refractivity contribution >= 4 is 23.9 Å². The first-order chi connectivity index (χ1) is 63.2. The molecule has 0 fully saturated rings. The van der Waals surface area contributed by atoms with Crippen LogP contribution in [-0.4, -0.2) is 180 Å². The van der Waals surface area contributed by atoms with E-state index in [9.17, 15) is 19.2 Å². The summed E-state index contributed by atoms with van der Waals surface area (Å²) in [7, 11) is 0. The van der Waals surface area contributed by atoms with Crippen molar-refractivity contribution in [3.63, 3.8) is 0 Å². The van der Waals surface area contributed by atoms with Crippen LogP contribution >= 0.6 is 0 Å². The Morgan fingerprint density at radius 1 is 0.380 bits per heavy atom. The number of benzene rings is 8. The normalized spacial score (nSPS) is 15.3. The molecule has 0 saturated heterocycles. The number of esters is 4. The third kappa shape index (κ3) is 17.9. The van der Waals surface area contributed by atoms with Crippen molar-refractivity contribution in [2.75, 3.05) is 52.4 Å². The zero-order chi connectivity index (χ0) is 87.4. The molecule has 7 aromatic heterocycles. The number of carbonyl (C=O) groups excluding carboxylic acids is 4. The number of rotatable bonds is 19. The molecule has 0 unspecified atom stereocenters. The van der Waals surface area contributed by atoms with Gasteiger partial charge < -0.3 is 18.9 Å². The number of ether oxygens (including phenoxy) is 4. The van der Waals surface area contributed by atoms with E-state index in [4.69, 9.17) is 40.4 Å². The van der Waals surface area contributed by atoms with E-state index in [2.05, 4.69) is 132 Å². The van der Waals surface area contributed by atoms with Gasteiger partial charge in [0.2, 0.25) is 0 Å². The summed E-state index contributed by atoms with van der Waals surface area (Å²) < 4.78 is 29.8. The van der Waals surface area contributed by atoms with Gasteiger partial charge in [-0.25, -0.2) is 77.5 Å². The fourth-order valence-electron chi connectivity index (χ4n) is 18.1. The van der Waals surface area contributed by atoms with Crippen LogP contribution in [0.25, 0.3) is 51.2 Å². The van der Waals surface area contributed by atoms with Crippen LogP contribution in [0.2, 0.25) is 0 Å². The molecule has 0 aliphatic carbocycles. The highest BCUT2D eigenvalue weighted by molar-refractivity contribution is 5.95. The first-order valence-corrected chi connectivity index (χ1v) is 43.6. The lowest BCUT2D eigenvalue weighted by atomic mass is 9.96. The van der Waals surface area contributed by atoms with Gasteiger partial charge >= 0.3 is 23.9 Å². The first-order valence-electron chi connectivity index (χ1n) is 43.6. The molecule has 23 rings (SSSR count). The molecule has 129 heavy (non-hydrogen) atoms. The van der Waals surface area contributed by atoms with Crippen molar-refractivity contribution in [2.45, 2.75) is 118 Å². The molecule has 29 nitrogen and oxygen atoms in total. The van der Waals surface area contributed by atoms with Crippen molar-refractivity contribution in [3.8, 4) is 63.6 Å². The van der Waals surface area contributed by atoms with E-state index in [0.717, 1.165) is 226 Å². The topological polar surface area (TPSA) is 297 Å². The second-order valence-electron chi connectivity index (χ2n) is 33.4. The molecule has 0 atom stereocenters. The molecule has 8 aliphatic heterocycles. The Morgan fingerprint density at radius 3 is 1.26 bits per heavy atom. The van der Waals surface area contributed by atoms with Crippen LogP contribution in [0.15, 0.2) is 220 Å². The predicted octanol–water partition coefficient (Wildman–Crippen LogP) is 12.5. The van der Waals surface area contributed by atoms with E-state index in [0.29, 0.717) is 43.1 Å². The smallest absolute Gasteiger partial charge is 0.338 e. The third-order valence-corrected chi connectivity index (χ3v) is 25.6. The van der Waals surface area contributed by atoms with Crippen molar-refractivity contribution in [1.82, 2.24) is 103 Å². The monoisotopic (exact) mass is 1710 g/mol. The molecule has 0 amide bonds. The highest BCUT2D eigenvalue weighted by atomic mass is 16.5. The molecule has 0 bridgehead atoms. The lowest BCUT2D eigenvalue weighted by molar-refractivity contribution is 0.0526. The molecule has 0 spiro atoms. The molecule has 15 heterocycles. The number of cyclic esters (lactones) is 4. The zero-order valence-corrected chi connectivity index (χ0v) is 71.5. The quantitative estimate of drug-likeness (QED) is 0.0413. The van der Waals surface area contributed by atoms with Crippen LogP contribution < -0.4 is 0 Å². The molecule has 0 radical (unpaired) electrons. The maximum atomic E-state index is 11.8. The van der Waals surface area contributed by atoms with E-state index >= 15 is 0 Å². The Kier molecular flexibility index (Phi) is 23.3.